The molecular formula is C19H25N. The molecule has 0 amide bonds. The first-order valence-electron chi connectivity index (χ1n) is 7.34. The molecule has 2 aromatic carbocycles. The van der Waals surface area contributed by atoms with E-state index < -0.39 is 0 Å². The molecule has 0 radical (unpaired) electrons. The normalized spacial score (nSPS) is 12.4. The van der Waals surface area contributed by atoms with Gasteiger partial charge in [0.25, 0.3) is 0 Å². The zero-order chi connectivity index (χ0) is 14.7. The molecule has 20 heavy (non-hydrogen) atoms. The second-order valence-electron chi connectivity index (χ2n) is 5.82. The van der Waals surface area contributed by atoms with Gasteiger partial charge >= 0.3 is 0 Å². The molecule has 1 N–H and O–H groups in total. The molecule has 0 fully saturated rings. The number of hydrogen-bond donors (Lipinski definition) is 1. The lowest BCUT2D eigenvalue weighted by molar-refractivity contribution is 0.570. The Morgan fingerprint density at radius 1 is 0.950 bits per heavy atom. The molecule has 1 heteroatoms. The molecule has 1 nitrogen and oxygen atoms in total. The highest BCUT2D eigenvalue weighted by atomic mass is 14.9. The predicted molar refractivity (Wildman–Crippen MR) is 87.1 cm³/mol. The van der Waals surface area contributed by atoms with Crippen LogP contribution in [0.4, 0.5) is 0 Å². The molecule has 0 aliphatic carbocycles. The summed E-state index contributed by atoms with van der Waals surface area (Å²) in [4.78, 5) is 0. The molecule has 1 atom stereocenters. The Balaban J connectivity index is 2.08. The van der Waals surface area contributed by atoms with Crippen LogP contribution in [0.5, 0.6) is 0 Å². The van der Waals surface area contributed by atoms with Gasteiger partial charge in [-0.1, -0.05) is 42.0 Å². The summed E-state index contributed by atoms with van der Waals surface area (Å²) in [6, 6.07) is 13.6. The topological polar surface area (TPSA) is 12.0 Å². The van der Waals surface area contributed by atoms with E-state index in [0.717, 1.165) is 6.54 Å². The van der Waals surface area contributed by atoms with Gasteiger partial charge < -0.3 is 5.32 Å². The molecular weight excluding hydrogens is 242 g/mol. The van der Waals surface area contributed by atoms with Crippen molar-refractivity contribution < 1.29 is 0 Å². The van der Waals surface area contributed by atoms with Gasteiger partial charge in [0.05, 0.1) is 0 Å². The molecule has 106 valence electrons. The van der Waals surface area contributed by atoms with Crippen molar-refractivity contribution in [2.24, 2.45) is 0 Å². The molecule has 0 heterocycles. The van der Waals surface area contributed by atoms with Gasteiger partial charge in [0.15, 0.2) is 0 Å². The van der Waals surface area contributed by atoms with Crippen LogP contribution in [-0.4, -0.2) is 0 Å². The van der Waals surface area contributed by atoms with Gasteiger partial charge in [0.2, 0.25) is 0 Å². The third-order valence-corrected chi connectivity index (χ3v) is 4.21. The summed E-state index contributed by atoms with van der Waals surface area (Å²) in [5.41, 5.74) is 8.23. The Labute approximate surface area is 123 Å². The average molecular weight is 267 g/mol. The monoisotopic (exact) mass is 267 g/mol. The van der Waals surface area contributed by atoms with E-state index in [-0.39, 0.29) is 0 Å². The fourth-order valence-electron chi connectivity index (χ4n) is 2.69. The summed E-state index contributed by atoms with van der Waals surface area (Å²) in [5, 5.41) is 3.64. The first-order chi connectivity index (χ1) is 9.49. The van der Waals surface area contributed by atoms with E-state index in [2.05, 4.69) is 76.3 Å². The highest BCUT2D eigenvalue weighted by Crippen LogP contribution is 2.20. The van der Waals surface area contributed by atoms with E-state index in [0.29, 0.717) is 6.04 Å². The number of benzene rings is 2. The van der Waals surface area contributed by atoms with Crippen molar-refractivity contribution in [3.05, 3.63) is 69.8 Å². The Kier molecular flexibility index (Phi) is 4.61. The zero-order valence-electron chi connectivity index (χ0n) is 13.2. The maximum atomic E-state index is 3.64. The van der Waals surface area contributed by atoms with Crippen molar-refractivity contribution in [3.8, 4) is 0 Å². The van der Waals surface area contributed by atoms with Crippen LogP contribution < -0.4 is 5.32 Å². The SMILES string of the molecule is Cc1ccc(C(C)NCc2cccc(C)c2C)c(C)c1. The zero-order valence-corrected chi connectivity index (χ0v) is 13.2. The van der Waals surface area contributed by atoms with Gasteiger partial charge in [-0.2, -0.15) is 0 Å². The molecule has 2 aromatic rings. The predicted octanol–water partition coefficient (Wildman–Crippen LogP) is 4.77. The molecule has 0 aliphatic heterocycles. The minimum atomic E-state index is 0.371. The van der Waals surface area contributed by atoms with Gasteiger partial charge in [-0.15, -0.1) is 0 Å². The summed E-state index contributed by atoms with van der Waals surface area (Å²) in [6.07, 6.45) is 0. The van der Waals surface area contributed by atoms with Crippen molar-refractivity contribution in [2.45, 2.75) is 47.2 Å². The number of aryl methyl sites for hydroxylation is 3. The van der Waals surface area contributed by atoms with Crippen LogP contribution in [0, 0.1) is 27.7 Å². The molecule has 0 saturated heterocycles. The first kappa shape index (κ1) is 14.8. The molecule has 0 saturated carbocycles. The molecule has 0 aromatic heterocycles. The van der Waals surface area contributed by atoms with Crippen molar-refractivity contribution in [2.75, 3.05) is 0 Å². The summed E-state index contributed by atoms with van der Waals surface area (Å²) in [5.74, 6) is 0. The molecule has 1 unspecified atom stereocenters. The van der Waals surface area contributed by atoms with Crippen LogP contribution >= 0.6 is 0 Å². The maximum absolute atomic E-state index is 3.64. The third kappa shape index (κ3) is 3.29. The quantitative estimate of drug-likeness (QED) is 0.841. The van der Waals surface area contributed by atoms with Crippen molar-refractivity contribution in [3.63, 3.8) is 0 Å². The fraction of sp³-hybridized carbons (Fsp3) is 0.368. The van der Waals surface area contributed by atoms with Crippen LogP contribution in [0.2, 0.25) is 0 Å². The average Bonchev–Trinajstić information content (AvgIpc) is 2.40. The number of hydrogen-bond acceptors (Lipinski definition) is 1. The van der Waals surface area contributed by atoms with Gasteiger partial charge in [0.1, 0.15) is 0 Å². The van der Waals surface area contributed by atoms with Crippen LogP contribution in [0.1, 0.15) is 46.3 Å². The minimum Gasteiger partial charge on any atom is -0.306 e. The van der Waals surface area contributed by atoms with Crippen LogP contribution in [0.3, 0.4) is 0 Å². The minimum absolute atomic E-state index is 0.371. The lowest BCUT2D eigenvalue weighted by atomic mass is 9.99. The lowest BCUT2D eigenvalue weighted by Gasteiger charge is -2.18. The van der Waals surface area contributed by atoms with E-state index >= 15 is 0 Å². The Morgan fingerprint density at radius 2 is 1.70 bits per heavy atom. The van der Waals surface area contributed by atoms with E-state index in [4.69, 9.17) is 0 Å². The summed E-state index contributed by atoms with van der Waals surface area (Å²) in [6.45, 7) is 11.9. The maximum Gasteiger partial charge on any atom is 0.0297 e. The number of rotatable bonds is 4. The highest BCUT2D eigenvalue weighted by Gasteiger charge is 2.09. The van der Waals surface area contributed by atoms with Crippen molar-refractivity contribution in [1.29, 1.82) is 0 Å². The van der Waals surface area contributed by atoms with E-state index in [1.807, 2.05) is 0 Å². The third-order valence-electron chi connectivity index (χ3n) is 4.21. The van der Waals surface area contributed by atoms with Gasteiger partial charge in [-0.3, -0.25) is 0 Å². The van der Waals surface area contributed by atoms with Gasteiger partial charge in [-0.05, 0) is 62.4 Å². The Morgan fingerprint density at radius 3 is 2.40 bits per heavy atom. The van der Waals surface area contributed by atoms with Gasteiger partial charge in [-0.25, -0.2) is 0 Å². The summed E-state index contributed by atoms with van der Waals surface area (Å²) in [7, 11) is 0. The molecule has 0 bridgehead atoms. The smallest absolute Gasteiger partial charge is 0.0297 e. The second kappa shape index (κ2) is 6.23. The first-order valence-corrected chi connectivity index (χ1v) is 7.34. The van der Waals surface area contributed by atoms with Gasteiger partial charge in [0, 0.05) is 12.6 Å². The standard InChI is InChI=1S/C19H25N/c1-13-9-10-19(15(3)11-13)17(5)20-12-18-8-6-7-14(2)16(18)4/h6-11,17,20H,12H2,1-5H3. The summed E-state index contributed by atoms with van der Waals surface area (Å²) < 4.78 is 0. The van der Waals surface area contributed by atoms with E-state index in [9.17, 15) is 0 Å². The van der Waals surface area contributed by atoms with Crippen LogP contribution in [0.15, 0.2) is 36.4 Å². The summed E-state index contributed by atoms with van der Waals surface area (Å²) >= 11 is 0. The lowest BCUT2D eigenvalue weighted by Crippen LogP contribution is -2.19. The van der Waals surface area contributed by atoms with E-state index in [1.165, 1.54) is 33.4 Å². The highest BCUT2D eigenvalue weighted by molar-refractivity contribution is 5.34. The molecule has 0 aliphatic rings. The molecule has 0 spiro atoms. The second-order valence-corrected chi connectivity index (χ2v) is 5.82. The van der Waals surface area contributed by atoms with E-state index in [1.54, 1.807) is 0 Å². The molecule has 2 rings (SSSR count). The van der Waals surface area contributed by atoms with Crippen molar-refractivity contribution >= 4 is 0 Å². The van der Waals surface area contributed by atoms with Crippen LogP contribution in [-0.2, 0) is 6.54 Å². The van der Waals surface area contributed by atoms with Crippen molar-refractivity contribution in [1.82, 2.24) is 5.32 Å². The van der Waals surface area contributed by atoms with Crippen LogP contribution in [0.25, 0.3) is 0 Å². The Bertz CT molecular complexity index is 599. The number of nitrogens with one attached hydrogen (secondary N) is 1. The Hall–Kier alpha value is -1.60. The largest absolute Gasteiger partial charge is 0.306 e. The fourth-order valence-corrected chi connectivity index (χ4v) is 2.69.